The SMILES string of the molecule is CC1CCC2C(C1O)C2(C)C.CC1CCC2C(C1O)C2(C)C. The molecule has 0 aliphatic heterocycles. The van der Waals surface area contributed by atoms with Gasteiger partial charge in [-0.1, -0.05) is 41.5 Å². The van der Waals surface area contributed by atoms with Crippen LogP contribution in [-0.4, -0.2) is 22.4 Å². The lowest BCUT2D eigenvalue weighted by molar-refractivity contribution is 0.0610. The smallest absolute Gasteiger partial charge is 0.0601 e. The van der Waals surface area contributed by atoms with Crippen molar-refractivity contribution in [2.45, 2.75) is 79.4 Å². The molecule has 0 amide bonds. The minimum atomic E-state index is -0.0104. The molecule has 4 rings (SSSR count). The summed E-state index contributed by atoms with van der Waals surface area (Å²) in [5.74, 6) is 3.97. The van der Waals surface area contributed by atoms with E-state index >= 15 is 0 Å². The van der Waals surface area contributed by atoms with Crippen LogP contribution in [0.3, 0.4) is 0 Å². The van der Waals surface area contributed by atoms with E-state index < -0.39 is 0 Å². The predicted octanol–water partition coefficient (Wildman–Crippen LogP) is 4.10. The Bertz CT molecular complexity index is 387. The van der Waals surface area contributed by atoms with Crippen LogP contribution in [0.1, 0.15) is 67.2 Å². The van der Waals surface area contributed by atoms with E-state index in [0.717, 1.165) is 11.8 Å². The van der Waals surface area contributed by atoms with Crippen LogP contribution in [0.2, 0.25) is 0 Å². The molecular weight excluding hydrogens is 272 g/mol. The van der Waals surface area contributed by atoms with E-state index in [1.54, 1.807) is 0 Å². The summed E-state index contributed by atoms with van der Waals surface area (Å²) in [6.07, 6.45) is 5.12. The van der Waals surface area contributed by atoms with Gasteiger partial charge in [-0.2, -0.15) is 0 Å². The average molecular weight is 309 g/mol. The second-order valence-electron chi connectivity index (χ2n) is 10.00. The zero-order chi connectivity index (χ0) is 16.4. The maximum atomic E-state index is 9.82. The number of aliphatic hydroxyl groups excluding tert-OH is 2. The molecule has 0 bridgehead atoms. The molecule has 0 spiro atoms. The Kier molecular flexibility index (Phi) is 3.97. The van der Waals surface area contributed by atoms with Crippen molar-refractivity contribution in [2.75, 3.05) is 0 Å². The van der Waals surface area contributed by atoms with Gasteiger partial charge >= 0.3 is 0 Å². The van der Waals surface area contributed by atoms with E-state index in [9.17, 15) is 10.2 Å². The van der Waals surface area contributed by atoms with Crippen molar-refractivity contribution in [3.63, 3.8) is 0 Å². The third-order valence-corrected chi connectivity index (χ3v) is 8.05. The van der Waals surface area contributed by atoms with Crippen molar-refractivity contribution in [1.29, 1.82) is 0 Å². The van der Waals surface area contributed by atoms with Gasteiger partial charge in [-0.25, -0.2) is 0 Å². The van der Waals surface area contributed by atoms with E-state index in [2.05, 4.69) is 41.5 Å². The third-order valence-electron chi connectivity index (χ3n) is 8.05. The topological polar surface area (TPSA) is 40.5 Å². The molecule has 128 valence electrons. The average Bonchev–Trinajstić information content (AvgIpc) is 3.20. The molecule has 2 nitrogen and oxygen atoms in total. The highest BCUT2D eigenvalue weighted by Gasteiger charge is 2.63. The molecule has 8 unspecified atom stereocenters. The predicted molar refractivity (Wildman–Crippen MR) is 90.3 cm³/mol. The van der Waals surface area contributed by atoms with Gasteiger partial charge in [0, 0.05) is 0 Å². The van der Waals surface area contributed by atoms with Crippen molar-refractivity contribution in [1.82, 2.24) is 0 Å². The molecule has 0 aromatic heterocycles. The summed E-state index contributed by atoms with van der Waals surface area (Å²) in [5, 5.41) is 19.6. The first-order valence-corrected chi connectivity index (χ1v) is 9.46. The molecule has 4 fully saturated rings. The van der Waals surface area contributed by atoms with Crippen LogP contribution in [0, 0.1) is 46.3 Å². The normalized spacial score (nSPS) is 53.5. The van der Waals surface area contributed by atoms with Crippen molar-refractivity contribution < 1.29 is 10.2 Å². The fourth-order valence-electron chi connectivity index (χ4n) is 5.97. The Labute approximate surface area is 136 Å². The molecule has 2 heteroatoms. The third kappa shape index (κ3) is 2.45. The zero-order valence-electron chi connectivity index (χ0n) is 15.3. The van der Waals surface area contributed by atoms with Gasteiger partial charge in [-0.15, -0.1) is 0 Å². The minimum absolute atomic E-state index is 0.0104. The van der Waals surface area contributed by atoms with Crippen LogP contribution < -0.4 is 0 Å². The van der Waals surface area contributed by atoms with Gasteiger partial charge in [0.05, 0.1) is 12.2 Å². The standard InChI is InChI=1S/2C10H18O/c2*1-6-4-5-7-8(9(6)11)10(7,2)3/h2*6-9,11H,4-5H2,1-3H3. The molecule has 0 saturated heterocycles. The molecule has 22 heavy (non-hydrogen) atoms. The van der Waals surface area contributed by atoms with Gasteiger partial charge in [0.15, 0.2) is 0 Å². The van der Waals surface area contributed by atoms with Crippen molar-refractivity contribution in [3.05, 3.63) is 0 Å². The van der Waals surface area contributed by atoms with E-state index in [1.807, 2.05) is 0 Å². The maximum absolute atomic E-state index is 9.82. The van der Waals surface area contributed by atoms with Gasteiger partial charge in [-0.05, 0) is 72.0 Å². The summed E-state index contributed by atoms with van der Waals surface area (Å²) in [5.41, 5.74) is 0.897. The largest absolute Gasteiger partial charge is 0.393 e. The first-order chi connectivity index (χ1) is 10.1. The summed E-state index contributed by atoms with van der Waals surface area (Å²) in [7, 11) is 0. The van der Waals surface area contributed by atoms with Gasteiger partial charge in [-0.3, -0.25) is 0 Å². The van der Waals surface area contributed by atoms with E-state index in [0.29, 0.717) is 34.5 Å². The second kappa shape index (κ2) is 5.21. The fourth-order valence-corrected chi connectivity index (χ4v) is 5.97. The minimum Gasteiger partial charge on any atom is -0.393 e. The lowest BCUT2D eigenvalue weighted by atomic mass is 9.88. The number of rotatable bonds is 0. The Morgan fingerprint density at radius 2 is 0.955 bits per heavy atom. The maximum Gasteiger partial charge on any atom is 0.0601 e. The van der Waals surface area contributed by atoms with Crippen LogP contribution in [0.15, 0.2) is 0 Å². The molecule has 4 aliphatic rings. The molecule has 0 heterocycles. The van der Waals surface area contributed by atoms with Crippen molar-refractivity contribution in [3.8, 4) is 0 Å². The summed E-state index contributed by atoms with van der Waals surface area (Å²) in [4.78, 5) is 0. The molecular formula is C20H36O2. The Balaban J connectivity index is 0.000000131. The summed E-state index contributed by atoms with van der Waals surface area (Å²) >= 11 is 0. The van der Waals surface area contributed by atoms with E-state index in [1.165, 1.54) is 25.7 Å². The molecule has 2 N–H and O–H groups in total. The quantitative estimate of drug-likeness (QED) is 0.707. The van der Waals surface area contributed by atoms with Crippen molar-refractivity contribution in [2.24, 2.45) is 46.3 Å². The van der Waals surface area contributed by atoms with E-state index in [-0.39, 0.29) is 12.2 Å². The molecule has 0 aromatic rings. The Morgan fingerprint density at radius 3 is 1.23 bits per heavy atom. The molecule has 0 aromatic carbocycles. The number of hydrogen-bond acceptors (Lipinski definition) is 2. The summed E-state index contributed by atoms with van der Waals surface area (Å²) < 4.78 is 0. The lowest BCUT2D eigenvalue weighted by Crippen LogP contribution is -2.25. The molecule has 4 saturated carbocycles. The number of hydrogen-bond donors (Lipinski definition) is 2. The van der Waals surface area contributed by atoms with Gasteiger partial charge in [0.1, 0.15) is 0 Å². The highest BCUT2D eigenvalue weighted by atomic mass is 16.3. The fraction of sp³-hybridized carbons (Fsp3) is 1.00. The number of fused-ring (bicyclic) bond motifs is 2. The number of aliphatic hydroxyl groups is 2. The molecule has 0 radical (unpaired) electrons. The highest BCUT2D eigenvalue weighted by Crippen LogP contribution is 2.66. The van der Waals surface area contributed by atoms with Crippen LogP contribution in [-0.2, 0) is 0 Å². The van der Waals surface area contributed by atoms with Gasteiger partial charge < -0.3 is 10.2 Å². The Morgan fingerprint density at radius 1 is 0.636 bits per heavy atom. The lowest BCUT2D eigenvalue weighted by Gasteiger charge is -2.23. The highest BCUT2D eigenvalue weighted by molar-refractivity contribution is 5.11. The summed E-state index contributed by atoms with van der Waals surface area (Å²) in [6, 6.07) is 0. The van der Waals surface area contributed by atoms with Crippen LogP contribution in [0.4, 0.5) is 0 Å². The zero-order valence-corrected chi connectivity index (χ0v) is 15.3. The molecule has 4 aliphatic carbocycles. The molecule has 8 atom stereocenters. The van der Waals surface area contributed by atoms with Gasteiger partial charge in [0.25, 0.3) is 0 Å². The van der Waals surface area contributed by atoms with Crippen LogP contribution >= 0.6 is 0 Å². The monoisotopic (exact) mass is 308 g/mol. The van der Waals surface area contributed by atoms with E-state index in [4.69, 9.17) is 0 Å². The first kappa shape index (κ1) is 16.8. The summed E-state index contributed by atoms with van der Waals surface area (Å²) in [6.45, 7) is 13.5. The van der Waals surface area contributed by atoms with Gasteiger partial charge in [0.2, 0.25) is 0 Å². The van der Waals surface area contributed by atoms with Crippen LogP contribution in [0.25, 0.3) is 0 Å². The second-order valence-corrected chi connectivity index (χ2v) is 10.00. The Hall–Kier alpha value is -0.0800. The van der Waals surface area contributed by atoms with Crippen LogP contribution in [0.5, 0.6) is 0 Å². The first-order valence-electron chi connectivity index (χ1n) is 9.46. The van der Waals surface area contributed by atoms with Crippen molar-refractivity contribution >= 4 is 0 Å².